The van der Waals surface area contributed by atoms with E-state index in [0.29, 0.717) is 0 Å². The molecule has 2 aliphatic heterocycles. The molecule has 378 valence electrons. The third-order valence-corrected chi connectivity index (χ3v) is 13.2. The zero-order valence-electron chi connectivity index (χ0n) is 38.8. The highest BCUT2D eigenvalue weighted by molar-refractivity contribution is 7.99. The average Bonchev–Trinajstić information content (AvgIpc) is 3.40. The zero-order valence-corrected chi connectivity index (χ0v) is 41.9. The summed E-state index contributed by atoms with van der Waals surface area (Å²) < 4.78 is 54.8. The fraction of sp³-hybridized carbons (Fsp3) is 0.315. The van der Waals surface area contributed by atoms with Crippen molar-refractivity contribution in [1.29, 1.82) is 0 Å². The molecule has 8 rings (SSSR count). The normalized spacial score (nSPS) is 24.2. The number of benzene rings is 6. The number of carbonyl (C=O) groups excluding carboxylic acids is 3. The van der Waals surface area contributed by atoms with Crippen molar-refractivity contribution in [3.05, 3.63) is 186 Å². The molecular formula is C54H52Cl3NO13S. The number of thioether (sulfide) groups is 1. The largest absolute Gasteiger partial charge is 0.467 e. The minimum absolute atomic E-state index is 0.0443. The van der Waals surface area contributed by atoms with E-state index < -0.39 is 88.9 Å². The van der Waals surface area contributed by atoms with Gasteiger partial charge in [-0.25, -0.2) is 14.4 Å². The molecule has 0 aliphatic carbocycles. The molecule has 0 aromatic heterocycles. The molecule has 0 saturated carbocycles. The number of fused-ring (bicyclic) bond motifs is 1. The monoisotopic (exact) mass is 1060 g/mol. The van der Waals surface area contributed by atoms with E-state index in [4.69, 9.17) is 77.4 Å². The number of alkyl carbamates (subject to hydrolysis) is 1. The molecule has 18 heteroatoms. The Morgan fingerprint density at radius 3 is 1.90 bits per heavy atom. The number of aliphatic hydroxyl groups excluding tert-OH is 1. The number of aliphatic hydroxyl groups is 1. The summed E-state index contributed by atoms with van der Waals surface area (Å²) in [4.78, 5) is 42.8. The third kappa shape index (κ3) is 14.5. The number of ether oxygens (including phenoxy) is 9. The molecule has 2 heterocycles. The number of amides is 1. The quantitative estimate of drug-likeness (QED) is 0.0448. The second-order valence-corrected chi connectivity index (χ2v) is 20.5. The molecule has 6 aromatic carbocycles. The van der Waals surface area contributed by atoms with E-state index >= 15 is 0 Å². The maximum atomic E-state index is 14.2. The SMILES string of the molecule is COC(=O)[C@H]1O[C@@H](Sc2ccccc2)[C@H](OC(=O)c2ccccc2)[C@@H](OCc2ccccc2)[C@@H]1O[C@H]1O[C@H](COCc2ccc3ccccc3c2)[C@@H](O)[C@H](OCc2ccccc2)[C@H]1NC(=O)OCC(Cl)(Cl)Cl. The molecule has 0 spiro atoms. The molecule has 72 heavy (non-hydrogen) atoms. The van der Waals surface area contributed by atoms with Crippen LogP contribution in [0.2, 0.25) is 0 Å². The van der Waals surface area contributed by atoms with Crippen molar-refractivity contribution in [2.75, 3.05) is 20.3 Å². The lowest BCUT2D eigenvalue weighted by Crippen LogP contribution is -2.68. The maximum absolute atomic E-state index is 14.2. The highest BCUT2D eigenvalue weighted by atomic mass is 35.6. The van der Waals surface area contributed by atoms with E-state index in [1.807, 2.05) is 133 Å². The Labute approximate surface area is 436 Å². The van der Waals surface area contributed by atoms with Gasteiger partial charge in [-0.05, 0) is 57.8 Å². The zero-order chi connectivity index (χ0) is 50.5. The lowest BCUT2D eigenvalue weighted by molar-refractivity contribution is -0.323. The minimum atomic E-state index is -1.98. The van der Waals surface area contributed by atoms with Gasteiger partial charge in [-0.2, -0.15) is 0 Å². The van der Waals surface area contributed by atoms with Crippen LogP contribution in [0.1, 0.15) is 27.0 Å². The molecule has 6 aromatic rings. The number of nitrogens with one attached hydrogen (secondary N) is 1. The average molecular weight is 1060 g/mol. The van der Waals surface area contributed by atoms with Crippen LogP contribution in [0.4, 0.5) is 4.79 Å². The van der Waals surface area contributed by atoms with Gasteiger partial charge in [-0.1, -0.05) is 180 Å². The standard InChI is InChI=1S/C54H52Cl3NO13S/c1-63-50(61)47-46(45(66-31-35-18-8-3-9-19-35)48(69-49(60)38-21-10-4-11-22-38)52(71-47)72-40-24-12-5-13-25-40)70-51-42(58-53(62)67-33-54(55,56)57)44(65-30-34-16-6-2-7-17-34)43(59)41(68-51)32-64-29-36-26-27-37-20-14-15-23-39(37)28-36/h2-28,41-48,51-52,59H,29-33H2,1H3,(H,58,62)/t41-,42-,43-,44-,45+,46+,47+,48-,51-,52+/m1/s1. The molecule has 2 aliphatic rings. The Bertz CT molecular complexity index is 2670. The molecule has 2 N–H and O–H groups in total. The number of carbonyl (C=O) groups is 3. The molecule has 0 radical (unpaired) electrons. The summed E-state index contributed by atoms with van der Waals surface area (Å²) in [5.41, 5.74) is 1.48. The van der Waals surface area contributed by atoms with Crippen molar-refractivity contribution in [1.82, 2.24) is 5.32 Å². The van der Waals surface area contributed by atoms with Crippen molar-refractivity contribution in [3.63, 3.8) is 0 Å². The van der Waals surface area contributed by atoms with E-state index in [9.17, 15) is 19.5 Å². The van der Waals surface area contributed by atoms with Crippen LogP contribution in [0.5, 0.6) is 0 Å². The fourth-order valence-corrected chi connectivity index (χ4v) is 9.50. The van der Waals surface area contributed by atoms with Crippen LogP contribution in [0.25, 0.3) is 10.8 Å². The first-order chi connectivity index (χ1) is 34.9. The van der Waals surface area contributed by atoms with Crippen LogP contribution in [-0.4, -0.2) is 108 Å². The number of hydrogen-bond acceptors (Lipinski definition) is 14. The Balaban J connectivity index is 1.19. The first-order valence-electron chi connectivity index (χ1n) is 23.0. The van der Waals surface area contributed by atoms with Crippen molar-refractivity contribution in [3.8, 4) is 0 Å². The molecule has 0 unspecified atom stereocenters. The molecule has 0 bridgehead atoms. The van der Waals surface area contributed by atoms with Crippen LogP contribution in [0.15, 0.2) is 169 Å². The number of halogens is 3. The number of alkyl halides is 3. The fourth-order valence-electron chi connectivity index (χ4n) is 8.23. The van der Waals surface area contributed by atoms with Gasteiger partial charge in [0.2, 0.25) is 3.79 Å². The summed E-state index contributed by atoms with van der Waals surface area (Å²) in [6.07, 6.45) is -12.4. The van der Waals surface area contributed by atoms with Crippen molar-refractivity contribution >= 4 is 75.4 Å². The number of esters is 2. The number of rotatable bonds is 19. The lowest BCUT2D eigenvalue weighted by Gasteiger charge is -2.49. The molecular weight excluding hydrogens is 1010 g/mol. The van der Waals surface area contributed by atoms with Gasteiger partial charge in [0.25, 0.3) is 0 Å². The summed E-state index contributed by atoms with van der Waals surface area (Å²) >= 11 is 19.1. The Morgan fingerprint density at radius 1 is 0.667 bits per heavy atom. The predicted octanol–water partition coefficient (Wildman–Crippen LogP) is 9.38. The molecule has 2 fully saturated rings. The summed E-state index contributed by atoms with van der Waals surface area (Å²) in [5, 5.41) is 17.0. The van der Waals surface area contributed by atoms with Gasteiger partial charge in [0.1, 0.15) is 48.6 Å². The van der Waals surface area contributed by atoms with Crippen molar-refractivity contribution in [2.45, 2.75) is 89.0 Å². The predicted molar refractivity (Wildman–Crippen MR) is 270 cm³/mol. The van der Waals surface area contributed by atoms with E-state index in [-0.39, 0.29) is 32.0 Å². The Kier molecular flexibility index (Phi) is 18.9. The molecule has 2 saturated heterocycles. The first kappa shape index (κ1) is 53.0. The van der Waals surface area contributed by atoms with Gasteiger partial charge in [0.05, 0.1) is 39.1 Å². The highest BCUT2D eigenvalue weighted by Gasteiger charge is 2.56. The minimum Gasteiger partial charge on any atom is -0.467 e. The second-order valence-electron chi connectivity index (χ2n) is 16.8. The molecule has 10 atom stereocenters. The Hall–Kier alpha value is -5.27. The lowest BCUT2D eigenvalue weighted by atomic mass is 9.95. The summed E-state index contributed by atoms with van der Waals surface area (Å²) in [6.45, 7) is -0.819. The second kappa shape index (κ2) is 25.6. The topological polar surface area (TPSA) is 167 Å². The van der Waals surface area contributed by atoms with E-state index in [2.05, 4.69) is 5.32 Å². The molecule has 14 nitrogen and oxygen atoms in total. The van der Waals surface area contributed by atoms with Gasteiger partial charge in [-0.3, -0.25) is 0 Å². The van der Waals surface area contributed by atoms with E-state index in [1.165, 1.54) is 18.9 Å². The Morgan fingerprint density at radius 2 is 1.26 bits per heavy atom. The van der Waals surface area contributed by atoms with Crippen LogP contribution in [0.3, 0.4) is 0 Å². The van der Waals surface area contributed by atoms with E-state index in [1.54, 1.807) is 30.3 Å². The summed E-state index contributed by atoms with van der Waals surface area (Å²) in [6, 6.07) is 48.4. The molecule has 1 amide bonds. The smallest absolute Gasteiger partial charge is 0.407 e. The van der Waals surface area contributed by atoms with E-state index in [0.717, 1.165) is 32.4 Å². The van der Waals surface area contributed by atoms with Crippen molar-refractivity contribution < 1.29 is 62.1 Å². The third-order valence-electron chi connectivity index (χ3n) is 11.7. The number of methoxy groups -OCH3 is 1. The van der Waals surface area contributed by atoms with Gasteiger partial charge in [0.15, 0.2) is 18.5 Å². The van der Waals surface area contributed by atoms with Crippen LogP contribution in [0, 0.1) is 0 Å². The maximum Gasteiger partial charge on any atom is 0.407 e. The summed E-state index contributed by atoms with van der Waals surface area (Å²) in [7, 11) is 1.19. The van der Waals surface area contributed by atoms with Crippen LogP contribution >= 0.6 is 46.6 Å². The first-order valence-corrected chi connectivity index (χ1v) is 25.0. The van der Waals surface area contributed by atoms with Gasteiger partial charge >= 0.3 is 18.0 Å². The van der Waals surface area contributed by atoms with Crippen LogP contribution < -0.4 is 5.32 Å². The number of hydrogen-bond donors (Lipinski definition) is 2. The van der Waals surface area contributed by atoms with Crippen molar-refractivity contribution in [2.24, 2.45) is 0 Å². The van der Waals surface area contributed by atoms with Gasteiger partial charge < -0.3 is 53.1 Å². The van der Waals surface area contributed by atoms with Crippen LogP contribution in [-0.2, 0) is 67.2 Å². The highest BCUT2D eigenvalue weighted by Crippen LogP contribution is 2.40. The van der Waals surface area contributed by atoms with Gasteiger partial charge in [-0.15, -0.1) is 0 Å². The van der Waals surface area contributed by atoms with Gasteiger partial charge in [0, 0.05) is 4.90 Å². The summed E-state index contributed by atoms with van der Waals surface area (Å²) in [5.74, 6) is -1.58.